The van der Waals surface area contributed by atoms with E-state index in [1.165, 1.54) is 35.3 Å². The standard InChI is InChI=1S/C13H17N5O4S/c1-9(2)7-12(13(19)20)15-23(21,22)11-5-3-10(4-6-11)18-8-14-16-17-18/h3-6,8-9,12,15H,7H2,1-2H3,(H,19,20)/t12-/m0/s1. The summed E-state index contributed by atoms with van der Waals surface area (Å²) < 4.78 is 28.2. The Morgan fingerprint density at radius 2 is 1.96 bits per heavy atom. The molecule has 2 rings (SSSR count). The number of aromatic nitrogens is 4. The van der Waals surface area contributed by atoms with Crippen LogP contribution in [0.3, 0.4) is 0 Å². The summed E-state index contributed by atoms with van der Waals surface area (Å²) in [5.41, 5.74) is 0.589. The molecule has 0 spiro atoms. The molecule has 2 aromatic rings. The van der Waals surface area contributed by atoms with Gasteiger partial charge in [0.1, 0.15) is 12.4 Å². The Hall–Kier alpha value is -2.33. The van der Waals surface area contributed by atoms with Crippen molar-refractivity contribution >= 4 is 16.0 Å². The van der Waals surface area contributed by atoms with E-state index in [4.69, 9.17) is 5.11 Å². The maximum Gasteiger partial charge on any atom is 0.321 e. The summed E-state index contributed by atoms with van der Waals surface area (Å²) in [6.45, 7) is 3.65. The molecule has 10 heteroatoms. The molecule has 0 bridgehead atoms. The SMILES string of the molecule is CC(C)C[C@H](NS(=O)(=O)c1ccc(-n2cnnn2)cc1)C(=O)O. The lowest BCUT2D eigenvalue weighted by molar-refractivity contribution is -0.139. The molecule has 1 aromatic carbocycles. The smallest absolute Gasteiger partial charge is 0.321 e. The second-order valence-electron chi connectivity index (χ2n) is 5.39. The van der Waals surface area contributed by atoms with E-state index in [1.807, 2.05) is 13.8 Å². The van der Waals surface area contributed by atoms with Crippen molar-refractivity contribution in [3.8, 4) is 5.69 Å². The van der Waals surface area contributed by atoms with Gasteiger partial charge in [-0.05, 0) is 47.0 Å². The molecule has 124 valence electrons. The average molecular weight is 339 g/mol. The second-order valence-corrected chi connectivity index (χ2v) is 7.10. The predicted molar refractivity (Wildman–Crippen MR) is 80.4 cm³/mol. The van der Waals surface area contributed by atoms with Gasteiger partial charge in [0.2, 0.25) is 10.0 Å². The molecule has 0 amide bonds. The largest absolute Gasteiger partial charge is 0.480 e. The van der Waals surface area contributed by atoms with Crippen molar-refractivity contribution in [1.29, 1.82) is 0 Å². The lowest BCUT2D eigenvalue weighted by atomic mass is 10.1. The number of carboxylic acids is 1. The van der Waals surface area contributed by atoms with Gasteiger partial charge in [0, 0.05) is 0 Å². The van der Waals surface area contributed by atoms with Crippen molar-refractivity contribution in [3.05, 3.63) is 30.6 Å². The fourth-order valence-corrected chi connectivity index (χ4v) is 3.19. The van der Waals surface area contributed by atoms with Crippen LogP contribution in [0.4, 0.5) is 0 Å². The number of sulfonamides is 1. The Morgan fingerprint density at radius 3 is 2.43 bits per heavy atom. The van der Waals surface area contributed by atoms with E-state index >= 15 is 0 Å². The zero-order chi connectivity index (χ0) is 17.0. The monoisotopic (exact) mass is 339 g/mol. The van der Waals surface area contributed by atoms with Gasteiger partial charge in [-0.3, -0.25) is 4.79 Å². The summed E-state index contributed by atoms with van der Waals surface area (Å²) in [4.78, 5) is 11.2. The van der Waals surface area contributed by atoms with Crippen LogP contribution < -0.4 is 4.72 Å². The lowest BCUT2D eigenvalue weighted by Crippen LogP contribution is -2.41. The van der Waals surface area contributed by atoms with Crippen LogP contribution in [0.25, 0.3) is 5.69 Å². The minimum atomic E-state index is -3.93. The highest BCUT2D eigenvalue weighted by Gasteiger charge is 2.26. The van der Waals surface area contributed by atoms with E-state index in [0.717, 1.165) is 0 Å². The molecule has 0 saturated carbocycles. The van der Waals surface area contributed by atoms with E-state index in [0.29, 0.717) is 5.69 Å². The average Bonchev–Trinajstić information content (AvgIpc) is 3.00. The van der Waals surface area contributed by atoms with Gasteiger partial charge < -0.3 is 5.11 Å². The topological polar surface area (TPSA) is 127 Å². The number of carboxylic acid groups (broad SMARTS) is 1. The predicted octanol–water partition coefficient (Wildman–Crippen LogP) is 0.440. The number of hydrogen-bond donors (Lipinski definition) is 2. The van der Waals surface area contributed by atoms with Gasteiger partial charge in [0.15, 0.2) is 0 Å². The fourth-order valence-electron chi connectivity index (χ4n) is 1.98. The first-order valence-electron chi connectivity index (χ1n) is 6.88. The normalized spacial score (nSPS) is 13.2. The molecular weight excluding hydrogens is 322 g/mol. The van der Waals surface area contributed by atoms with Gasteiger partial charge >= 0.3 is 5.97 Å². The summed E-state index contributed by atoms with van der Waals surface area (Å²) in [6.07, 6.45) is 1.59. The Bertz CT molecular complexity index is 756. The minimum Gasteiger partial charge on any atom is -0.480 e. The first-order chi connectivity index (χ1) is 10.8. The minimum absolute atomic E-state index is 0.0238. The Labute approximate surface area is 133 Å². The van der Waals surface area contributed by atoms with Gasteiger partial charge in [-0.1, -0.05) is 13.8 Å². The first kappa shape index (κ1) is 17.0. The molecule has 0 aliphatic carbocycles. The summed E-state index contributed by atoms with van der Waals surface area (Å²) in [7, 11) is -3.93. The number of nitrogens with zero attached hydrogens (tertiary/aromatic N) is 4. The number of hydrogen-bond acceptors (Lipinski definition) is 6. The highest BCUT2D eigenvalue weighted by Crippen LogP contribution is 2.15. The van der Waals surface area contributed by atoms with Crippen LogP contribution in [0, 0.1) is 5.92 Å². The highest BCUT2D eigenvalue weighted by molar-refractivity contribution is 7.89. The van der Waals surface area contributed by atoms with E-state index in [9.17, 15) is 13.2 Å². The molecule has 2 N–H and O–H groups in total. The van der Waals surface area contributed by atoms with Gasteiger partial charge in [0.25, 0.3) is 0 Å². The Morgan fingerprint density at radius 1 is 1.30 bits per heavy atom. The fraction of sp³-hybridized carbons (Fsp3) is 0.385. The summed E-state index contributed by atoms with van der Waals surface area (Å²) in [5.74, 6) is -1.16. The van der Waals surface area contributed by atoms with Crippen LogP contribution >= 0.6 is 0 Å². The molecule has 23 heavy (non-hydrogen) atoms. The van der Waals surface area contributed by atoms with E-state index in [1.54, 1.807) is 0 Å². The molecule has 9 nitrogen and oxygen atoms in total. The summed E-state index contributed by atoms with van der Waals surface area (Å²) in [5, 5.41) is 19.8. The third-order valence-corrected chi connectivity index (χ3v) is 4.55. The molecule has 0 radical (unpaired) electrons. The molecular formula is C13H17N5O4S. The number of benzene rings is 1. The van der Waals surface area contributed by atoms with Crippen molar-refractivity contribution in [2.45, 2.75) is 31.2 Å². The molecule has 1 atom stereocenters. The van der Waals surface area contributed by atoms with Gasteiger partial charge in [-0.15, -0.1) is 5.10 Å². The summed E-state index contributed by atoms with van der Waals surface area (Å²) in [6, 6.07) is 4.63. The van der Waals surface area contributed by atoms with E-state index in [2.05, 4.69) is 20.2 Å². The second kappa shape index (κ2) is 6.84. The van der Waals surface area contributed by atoms with Crippen LogP contribution in [0.15, 0.2) is 35.5 Å². The highest BCUT2D eigenvalue weighted by atomic mass is 32.2. The van der Waals surface area contributed by atoms with Crippen LogP contribution in [0.2, 0.25) is 0 Å². The maximum atomic E-state index is 12.3. The molecule has 0 fully saturated rings. The summed E-state index contributed by atoms with van der Waals surface area (Å²) >= 11 is 0. The molecule has 0 saturated heterocycles. The van der Waals surface area contributed by atoms with Gasteiger partial charge in [-0.25, -0.2) is 13.1 Å². The molecule has 0 aliphatic heterocycles. The number of rotatable bonds is 7. The van der Waals surface area contributed by atoms with Gasteiger partial charge in [0.05, 0.1) is 10.6 Å². The van der Waals surface area contributed by atoms with E-state index < -0.39 is 22.0 Å². The van der Waals surface area contributed by atoms with Crippen LogP contribution in [-0.2, 0) is 14.8 Å². The number of carbonyl (C=O) groups is 1. The maximum absolute atomic E-state index is 12.3. The number of tetrazole rings is 1. The van der Waals surface area contributed by atoms with E-state index in [-0.39, 0.29) is 17.2 Å². The molecule has 0 aliphatic rings. The molecule has 1 aromatic heterocycles. The van der Waals surface area contributed by atoms with Crippen LogP contribution in [-0.4, -0.2) is 45.7 Å². The Kier molecular flexibility index (Phi) is 5.06. The zero-order valence-corrected chi connectivity index (χ0v) is 13.4. The van der Waals surface area contributed by atoms with Crippen LogP contribution in [0.1, 0.15) is 20.3 Å². The number of nitrogens with one attached hydrogen (secondary N) is 1. The molecule has 0 unspecified atom stereocenters. The quantitative estimate of drug-likeness (QED) is 0.749. The van der Waals surface area contributed by atoms with Crippen LogP contribution in [0.5, 0.6) is 0 Å². The lowest BCUT2D eigenvalue weighted by Gasteiger charge is -2.16. The molecule has 1 heterocycles. The van der Waals surface area contributed by atoms with Crippen molar-refractivity contribution in [2.24, 2.45) is 5.92 Å². The van der Waals surface area contributed by atoms with Crippen molar-refractivity contribution in [1.82, 2.24) is 24.9 Å². The number of aliphatic carboxylic acids is 1. The van der Waals surface area contributed by atoms with Crippen molar-refractivity contribution < 1.29 is 18.3 Å². The first-order valence-corrected chi connectivity index (χ1v) is 8.36. The van der Waals surface area contributed by atoms with Gasteiger partial charge in [-0.2, -0.15) is 4.72 Å². The Balaban J connectivity index is 2.20. The van der Waals surface area contributed by atoms with Crippen molar-refractivity contribution in [2.75, 3.05) is 0 Å². The zero-order valence-electron chi connectivity index (χ0n) is 12.6. The van der Waals surface area contributed by atoms with Crippen molar-refractivity contribution in [3.63, 3.8) is 0 Å². The third-order valence-electron chi connectivity index (χ3n) is 3.06. The third kappa shape index (κ3) is 4.33.